The molecular weight excluding hydrogens is 268 g/mol. The number of benzene rings is 1. The number of rotatable bonds is 4. The van der Waals surface area contributed by atoms with Crippen LogP contribution in [-0.4, -0.2) is 14.2 Å². The molecule has 0 amide bonds. The maximum absolute atomic E-state index is 11.2. The molecule has 0 aliphatic heterocycles. The van der Waals surface area contributed by atoms with Gasteiger partial charge in [0.2, 0.25) is 9.05 Å². The van der Waals surface area contributed by atoms with E-state index in [2.05, 4.69) is 31.2 Å². The van der Waals surface area contributed by atoms with Crippen molar-refractivity contribution < 1.29 is 8.42 Å². The van der Waals surface area contributed by atoms with Crippen LogP contribution in [0.3, 0.4) is 0 Å². The molecule has 1 aromatic carbocycles. The van der Waals surface area contributed by atoms with Crippen LogP contribution in [0.4, 0.5) is 0 Å². The summed E-state index contributed by atoms with van der Waals surface area (Å²) in [6, 6.07) is 8.77. The molecule has 0 atom stereocenters. The molecule has 0 aromatic heterocycles. The minimum atomic E-state index is -3.35. The van der Waals surface area contributed by atoms with Crippen LogP contribution in [-0.2, 0) is 20.9 Å². The first-order valence-corrected chi connectivity index (χ1v) is 8.86. The highest BCUT2D eigenvalue weighted by molar-refractivity contribution is 8.13. The van der Waals surface area contributed by atoms with Gasteiger partial charge in [-0.25, -0.2) is 8.42 Å². The third kappa shape index (κ3) is 1.88. The van der Waals surface area contributed by atoms with Gasteiger partial charge in [-0.3, -0.25) is 0 Å². The van der Waals surface area contributed by atoms with Crippen LogP contribution in [0, 0.1) is 5.41 Å². The molecule has 18 heavy (non-hydrogen) atoms. The third-order valence-electron chi connectivity index (χ3n) is 4.59. The summed E-state index contributed by atoms with van der Waals surface area (Å²) in [5.74, 6) is 0.149. The molecule has 3 aliphatic rings. The highest BCUT2D eigenvalue weighted by Crippen LogP contribution is 2.74. The van der Waals surface area contributed by atoms with Crippen LogP contribution >= 0.6 is 10.7 Å². The van der Waals surface area contributed by atoms with Gasteiger partial charge in [-0.15, -0.1) is 0 Å². The van der Waals surface area contributed by atoms with E-state index in [1.807, 2.05) is 0 Å². The van der Waals surface area contributed by atoms with Gasteiger partial charge in [-0.1, -0.05) is 31.2 Å². The zero-order valence-electron chi connectivity index (χ0n) is 10.4. The van der Waals surface area contributed by atoms with Crippen molar-refractivity contribution in [3.8, 4) is 0 Å². The van der Waals surface area contributed by atoms with Crippen LogP contribution in [0.25, 0.3) is 0 Å². The quantitative estimate of drug-likeness (QED) is 0.796. The number of aryl methyl sites for hydroxylation is 1. The van der Waals surface area contributed by atoms with Crippen molar-refractivity contribution in [3.63, 3.8) is 0 Å². The maximum Gasteiger partial charge on any atom is 0.233 e. The molecule has 0 saturated heterocycles. The van der Waals surface area contributed by atoms with Gasteiger partial charge in [-0.05, 0) is 47.6 Å². The fraction of sp³-hybridized carbons (Fsp3) is 0.571. The second-order valence-electron chi connectivity index (χ2n) is 6.04. The zero-order valence-corrected chi connectivity index (χ0v) is 12.0. The van der Waals surface area contributed by atoms with E-state index >= 15 is 0 Å². The molecule has 2 bridgehead atoms. The summed E-state index contributed by atoms with van der Waals surface area (Å²) in [6.45, 7) is 2.15. The molecule has 0 spiro atoms. The Kier molecular flexibility index (Phi) is 2.59. The molecule has 0 unspecified atom stereocenters. The van der Waals surface area contributed by atoms with Gasteiger partial charge < -0.3 is 0 Å². The Bertz CT molecular complexity index is 555. The Morgan fingerprint density at radius 2 is 1.72 bits per heavy atom. The van der Waals surface area contributed by atoms with Crippen molar-refractivity contribution in [2.24, 2.45) is 5.41 Å². The van der Waals surface area contributed by atoms with E-state index in [1.54, 1.807) is 0 Å². The third-order valence-corrected chi connectivity index (χ3v) is 5.88. The Morgan fingerprint density at radius 3 is 2.17 bits per heavy atom. The van der Waals surface area contributed by atoms with Crippen LogP contribution < -0.4 is 0 Å². The van der Waals surface area contributed by atoms with Gasteiger partial charge in [0.15, 0.2) is 0 Å². The molecule has 3 fully saturated rings. The van der Waals surface area contributed by atoms with Crippen LogP contribution in [0.2, 0.25) is 0 Å². The molecule has 0 radical (unpaired) electrons. The molecule has 98 valence electrons. The lowest BCUT2D eigenvalue weighted by atomic mass is 9.34. The number of halogens is 1. The summed E-state index contributed by atoms with van der Waals surface area (Å²) >= 11 is 0. The second-order valence-corrected chi connectivity index (χ2v) is 8.82. The Hall–Kier alpha value is -0.540. The summed E-state index contributed by atoms with van der Waals surface area (Å²) in [5.41, 5.74) is 2.97. The van der Waals surface area contributed by atoms with E-state index < -0.39 is 9.05 Å². The Morgan fingerprint density at radius 1 is 1.17 bits per heavy atom. The van der Waals surface area contributed by atoms with Crippen molar-refractivity contribution in [1.82, 2.24) is 0 Å². The lowest BCUT2D eigenvalue weighted by Crippen LogP contribution is -2.66. The predicted molar refractivity (Wildman–Crippen MR) is 73.4 cm³/mol. The Balaban J connectivity index is 1.72. The minimum absolute atomic E-state index is 0.00991. The number of hydrogen-bond donors (Lipinski definition) is 0. The van der Waals surface area contributed by atoms with Crippen LogP contribution in [0.15, 0.2) is 24.3 Å². The van der Waals surface area contributed by atoms with Crippen molar-refractivity contribution in [1.29, 1.82) is 0 Å². The van der Waals surface area contributed by atoms with Gasteiger partial charge in [-0.2, -0.15) is 0 Å². The van der Waals surface area contributed by atoms with Gasteiger partial charge in [0.05, 0.1) is 5.75 Å². The molecule has 0 heterocycles. The number of hydrogen-bond acceptors (Lipinski definition) is 2. The average Bonchev–Trinajstić information content (AvgIpc) is 2.20. The van der Waals surface area contributed by atoms with E-state index in [1.165, 1.54) is 11.1 Å². The first-order chi connectivity index (χ1) is 8.37. The predicted octanol–water partition coefficient (Wildman–Crippen LogP) is 3.24. The average molecular weight is 285 g/mol. The Labute approximate surface area is 113 Å². The largest absolute Gasteiger partial charge is 0.233 e. The molecule has 1 aromatic rings. The first kappa shape index (κ1) is 12.5. The SMILES string of the molecule is CCc1ccc(C23CC(CS(=O)(=O)Cl)(C2)C3)cc1. The molecule has 4 rings (SSSR count). The highest BCUT2D eigenvalue weighted by Gasteiger charge is 2.68. The summed E-state index contributed by atoms with van der Waals surface area (Å²) in [5, 5.41) is 0. The molecule has 4 heteroatoms. The fourth-order valence-electron chi connectivity index (χ4n) is 3.92. The summed E-state index contributed by atoms with van der Waals surface area (Å²) in [7, 11) is 2.01. The van der Waals surface area contributed by atoms with E-state index in [0.29, 0.717) is 0 Å². The lowest BCUT2D eigenvalue weighted by Gasteiger charge is -2.71. The van der Waals surface area contributed by atoms with Gasteiger partial charge in [0, 0.05) is 10.7 Å². The van der Waals surface area contributed by atoms with E-state index in [0.717, 1.165) is 25.7 Å². The van der Waals surface area contributed by atoms with E-state index in [9.17, 15) is 8.42 Å². The van der Waals surface area contributed by atoms with Crippen molar-refractivity contribution in [3.05, 3.63) is 35.4 Å². The van der Waals surface area contributed by atoms with E-state index in [-0.39, 0.29) is 16.6 Å². The minimum Gasteiger partial charge on any atom is -0.212 e. The summed E-state index contributed by atoms with van der Waals surface area (Å²) in [4.78, 5) is 0. The van der Waals surface area contributed by atoms with Crippen LogP contribution in [0.1, 0.15) is 37.3 Å². The highest BCUT2D eigenvalue weighted by atomic mass is 35.7. The zero-order chi connectivity index (χ0) is 13.0. The maximum atomic E-state index is 11.2. The normalized spacial score (nSPS) is 33.7. The second kappa shape index (κ2) is 3.73. The molecule has 0 N–H and O–H groups in total. The standard InChI is InChI=1S/C14H17ClO2S/c1-2-11-3-5-12(6-4-11)14-7-13(8-14,9-14)10-18(15,16)17/h3-6H,2,7-10H2,1H3. The topological polar surface area (TPSA) is 34.1 Å². The van der Waals surface area contributed by atoms with Crippen molar-refractivity contribution >= 4 is 19.7 Å². The fourth-order valence-corrected chi connectivity index (χ4v) is 5.65. The van der Waals surface area contributed by atoms with E-state index in [4.69, 9.17) is 10.7 Å². The van der Waals surface area contributed by atoms with Crippen molar-refractivity contribution in [2.45, 2.75) is 38.0 Å². The monoisotopic (exact) mass is 284 g/mol. The van der Waals surface area contributed by atoms with Gasteiger partial charge in [0.25, 0.3) is 0 Å². The molecule has 3 saturated carbocycles. The smallest absolute Gasteiger partial charge is 0.212 e. The van der Waals surface area contributed by atoms with Gasteiger partial charge in [0.1, 0.15) is 0 Å². The van der Waals surface area contributed by atoms with Crippen LogP contribution in [0.5, 0.6) is 0 Å². The summed E-state index contributed by atoms with van der Waals surface area (Å²) < 4.78 is 22.3. The molecule has 3 aliphatic carbocycles. The molecule has 2 nitrogen and oxygen atoms in total. The van der Waals surface area contributed by atoms with Crippen molar-refractivity contribution in [2.75, 3.05) is 5.75 Å². The summed E-state index contributed by atoms with van der Waals surface area (Å²) in [6.07, 6.45) is 4.01. The first-order valence-electron chi connectivity index (χ1n) is 6.38. The van der Waals surface area contributed by atoms with Gasteiger partial charge >= 0.3 is 0 Å². The molecular formula is C14H17ClO2S. The lowest BCUT2D eigenvalue weighted by molar-refractivity contribution is -0.122.